The highest BCUT2D eigenvalue weighted by Gasteiger charge is 2.25. The monoisotopic (exact) mass is 248 g/mol. The smallest absolute Gasteiger partial charge is 0.213 e. The molecule has 0 radical (unpaired) electrons. The molecule has 2 N–H and O–H groups in total. The van der Waals surface area contributed by atoms with Crippen LogP contribution >= 0.6 is 0 Å². The standard InChI is InChI=1S/C15H24N2O/c1-10-6-11(2)8-14(7-10)18-15-5-4-13(9-17-15)12(3)16/h4-5,9-12,14H,6-8,16H2,1-3H3/t10?,11?,12-,14?/m0/s1. The van der Waals surface area contributed by atoms with Gasteiger partial charge in [0.05, 0.1) is 0 Å². The van der Waals surface area contributed by atoms with Gasteiger partial charge in [-0.3, -0.25) is 0 Å². The van der Waals surface area contributed by atoms with Crippen LogP contribution in [0.15, 0.2) is 18.3 Å². The molecule has 1 aromatic heterocycles. The van der Waals surface area contributed by atoms with Gasteiger partial charge in [-0.1, -0.05) is 19.9 Å². The summed E-state index contributed by atoms with van der Waals surface area (Å²) in [6, 6.07) is 3.96. The van der Waals surface area contributed by atoms with Gasteiger partial charge < -0.3 is 10.5 Å². The van der Waals surface area contributed by atoms with Gasteiger partial charge in [0.15, 0.2) is 0 Å². The molecule has 2 rings (SSSR count). The number of hydrogen-bond donors (Lipinski definition) is 1. The zero-order chi connectivity index (χ0) is 13.1. The van der Waals surface area contributed by atoms with Gasteiger partial charge in [-0.25, -0.2) is 4.98 Å². The summed E-state index contributed by atoms with van der Waals surface area (Å²) in [5.74, 6) is 2.23. The van der Waals surface area contributed by atoms with Crippen molar-refractivity contribution in [1.82, 2.24) is 4.98 Å². The molecule has 0 saturated heterocycles. The number of rotatable bonds is 3. The van der Waals surface area contributed by atoms with Crippen LogP contribution < -0.4 is 10.5 Å². The Morgan fingerprint density at radius 3 is 2.39 bits per heavy atom. The minimum absolute atomic E-state index is 0.0290. The van der Waals surface area contributed by atoms with Crippen LogP contribution in [0.25, 0.3) is 0 Å². The highest BCUT2D eigenvalue weighted by molar-refractivity contribution is 5.20. The molecule has 0 aliphatic heterocycles. The molecule has 1 heterocycles. The fourth-order valence-electron chi connectivity index (χ4n) is 2.87. The molecule has 1 aliphatic carbocycles. The summed E-state index contributed by atoms with van der Waals surface area (Å²) in [5, 5.41) is 0. The second-order valence-electron chi connectivity index (χ2n) is 5.88. The van der Waals surface area contributed by atoms with E-state index in [1.54, 1.807) is 0 Å². The van der Waals surface area contributed by atoms with Crippen LogP contribution in [0.1, 0.15) is 51.6 Å². The molecule has 0 bridgehead atoms. The van der Waals surface area contributed by atoms with Crippen LogP contribution in [0, 0.1) is 11.8 Å². The highest BCUT2D eigenvalue weighted by Crippen LogP contribution is 2.30. The Morgan fingerprint density at radius 1 is 1.22 bits per heavy atom. The van der Waals surface area contributed by atoms with Crippen molar-refractivity contribution >= 4 is 0 Å². The molecule has 2 unspecified atom stereocenters. The SMILES string of the molecule is CC1CC(C)CC(Oc2ccc([C@H](C)N)cn2)C1. The van der Waals surface area contributed by atoms with Crippen molar-refractivity contribution in [3.63, 3.8) is 0 Å². The first-order valence-corrected chi connectivity index (χ1v) is 6.92. The molecule has 3 atom stereocenters. The minimum atomic E-state index is 0.0290. The molecule has 1 saturated carbocycles. The van der Waals surface area contributed by atoms with Crippen LogP contribution in [0.3, 0.4) is 0 Å². The van der Waals surface area contributed by atoms with E-state index in [2.05, 4.69) is 18.8 Å². The van der Waals surface area contributed by atoms with Gasteiger partial charge in [-0.05, 0) is 43.6 Å². The van der Waals surface area contributed by atoms with Gasteiger partial charge in [0, 0.05) is 18.3 Å². The van der Waals surface area contributed by atoms with Crippen LogP contribution in [0.4, 0.5) is 0 Å². The normalized spacial score (nSPS) is 29.9. The van der Waals surface area contributed by atoms with Crippen LogP contribution in [-0.4, -0.2) is 11.1 Å². The number of nitrogens with zero attached hydrogens (tertiary/aromatic N) is 1. The lowest BCUT2D eigenvalue weighted by molar-refractivity contribution is 0.0967. The minimum Gasteiger partial charge on any atom is -0.474 e. The van der Waals surface area contributed by atoms with Crippen LogP contribution in [0.2, 0.25) is 0 Å². The molecule has 0 aromatic carbocycles. The lowest BCUT2D eigenvalue weighted by Gasteiger charge is -2.31. The molecule has 0 spiro atoms. The van der Waals surface area contributed by atoms with Crippen LogP contribution in [-0.2, 0) is 0 Å². The second-order valence-corrected chi connectivity index (χ2v) is 5.88. The Morgan fingerprint density at radius 2 is 1.89 bits per heavy atom. The average molecular weight is 248 g/mol. The lowest BCUT2D eigenvalue weighted by atomic mass is 9.82. The Bertz CT molecular complexity index is 365. The quantitative estimate of drug-likeness (QED) is 0.892. The third-order valence-corrected chi connectivity index (χ3v) is 3.71. The fourth-order valence-corrected chi connectivity index (χ4v) is 2.87. The Balaban J connectivity index is 1.96. The average Bonchev–Trinajstić information content (AvgIpc) is 2.28. The summed E-state index contributed by atoms with van der Waals surface area (Å²) in [7, 11) is 0. The Labute approximate surface area is 110 Å². The molecule has 3 heteroatoms. The molecular weight excluding hydrogens is 224 g/mol. The number of hydrogen-bond acceptors (Lipinski definition) is 3. The summed E-state index contributed by atoms with van der Waals surface area (Å²) in [4.78, 5) is 4.34. The number of aromatic nitrogens is 1. The highest BCUT2D eigenvalue weighted by atomic mass is 16.5. The zero-order valence-electron chi connectivity index (χ0n) is 11.6. The first-order chi connectivity index (χ1) is 8.54. The van der Waals surface area contributed by atoms with Crippen molar-refractivity contribution in [3.8, 4) is 5.88 Å². The van der Waals surface area contributed by atoms with Crippen molar-refractivity contribution in [2.75, 3.05) is 0 Å². The number of ether oxygens (including phenoxy) is 1. The second kappa shape index (κ2) is 5.70. The van der Waals surface area contributed by atoms with Gasteiger partial charge in [-0.15, -0.1) is 0 Å². The van der Waals surface area contributed by atoms with E-state index >= 15 is 0 Å². The molecule has 1 aromatic rings. The summed E-state index contributed by atoms with van der Waals surface area (Å²) >= 11 is 0. The maximum Gasteiger partial charge on any atom is 0.213 e. The zero-order valence-corrected chi connectivity index (χ0v) is 11.6. The number of pyridine rings is 1. The lowest BCUT2D eigenvalue weighted by Crippen LogP contribution is -2.28. The van der Waals surface area contributed by atoms with Gasteiger partial charge in [0.2, 0.25) is 5.88 Å². The molecule has 100 valence electrons. The summed E-state index contributed by atoms with van der Waals surface area (Å²) < 4.78 is 5.98. The van der Waals surface area contributed by atoms with E-state index in [4.69, 9.17) is 10.5 Å². The first-order valence-electron chi connectivity index (χ1n) is 6.92. The number of nitrogens with two attached hydrogens (primary N) is 1. The predicted octanol–water partition coefficient (Wildman–Crippen LogP) is 3.30. The van der Waals surface area contributed by atoms with E-state index in [9.17, 15) is 0 Å². The van der Waals surface area contributed by atoms with Crippen LogP contribution in [0.5, 0.6) is 5.88 Å². The largest absolute Gasteiger partial charge is 0.474 e. The van der Waals surface area contributed by atoms with Crippen molar-refractivity contribution in [3.05, 3.63) is 23.9 Å². The van der Waals surface area contributed by atoms with Gasteiger partial charge in [0.25, 0.3) is 0 Å². The third-order valence-electron chi connectivity index (χ3n) is 3.71. The molecule has 18 heavy (non-hydrogen) atoms. The summed E-state index contributed by atoms with van der Waals surface area (Å²) in [5.41, 5.74) is 6.85. The molecule has 0 amide bonds. The fraction of sp³-hybridized carbons (Fsp3) is 0.667. The van der Waals surface area contributed by atoms with Crippen molar-refractivity contribution < 1.29 is 4.74 Å². The van der Waals surface area contributed by atoms with E-state index in [1.807, 2.05) is 25.3 Å². The molecule has 3 nitrogen and oxygen atoms in total. The molecule has 1 fully saturated rings. The van der Waals surface area contributed by atoms with Crippen molar-refractivity contribution in [1.29, 1.82) is 0 Å². The van der Waals surface area contributed by atoms with Gasteiger partial charge in [-0.2, -0.15) is 0 Å². The third kappa shape index (κ3) is 3.45. The Kier molecular flexibility index (Phi) is 4.23. The summed E-state index contributed by atoms with van der Waals surface area (Å²) in [6.07, 6.45) is 5.73. The molecular formula is C15H24N2O. The maximum atomic E-state index is 5.98. The van der Waals surface area contributed by atoms with Gasteiger partial charge >= 0.3 is 0 Å². The summed E-state index contributed by atoms with van der Waals surface area (Å²) in [6.45, 7) is 6.57. The van der Waals surface area contributed by atoms with Crippen molar-refractivity contribution in [2.24, 2.45) is 17.6 Å². The Hall–Kier alpha value is -1.09. The van der Waals surface area contributed by atoms with E-state index in [1.165, 1.54) is 6.42 Å². The van der Waals surface area contributed by atoms with E-state index in [0.717, 1.165) is 36.1 Å². The van der Waals surface area contributed by atoms with E-state index in [0.29, 0.717) is 6.10 Å². The van der Waals surface area contributed by atoms with Gasteiger partial charge in [0.1, 0.15) is 6.10 Å². The van der Waals surface area contributed by atoms with Crippen molar-refractivity contribution in [2.45, 2.75) is 52.2 Å². The topological polar surface area (TPSA) is 48.1 Å². The van der Waals surface area contributed by atoms with E-state index in [-0.39, 0.29) is 6.04 Å². The maximum absolute atomic E-state index is 5.98. The predicted molar refractivity (Wildman–Crippen MR) is 73.4 cm³/mol. The molecule has 1 aliphatic rings. The van der Waals surface area contributed by atoms with E-state index < -0.39 is 0 Å². The first kappa shape index (κ1) is 13.3.